The first-order valence-electron chi connectivity index (χ1n) is 17.1. The molecule has 3 heterocycles. The summed E-state index contributed by atoms with van der Waals surface area (Å²) in [5, 5.41) is 4.88. The quantitative estimate of drug-likeness (QED) is 0.181. The smallest absolute Gasteiger partial charge is 0.252 e. The third kappa shape index (κ3) is 3.86. The molecule has 50 heavy (non-hydrogen) atoms. The molecule has 232 valence electrons. The summed E-state index contributed by atoms with van der Waals surface area (Å²) in [4.78, 5) is 9.96. The van der Waals surface area contributed by atoms with E-state index in [-0.39, 0.29) is 6.71 Å². The number of fused-ring (bicyclic) bond motifs is 9. The van der Waals surface area contributed by atoms with Crippen molar-refractivity contribution in [1.82, 2.24) is 4.98 Å². The van der Waals surface area contributed by atoms with Gasteiger partial charge in [-0.15, -0.1) is 0 Å². The van der Waals surface area contributed by atoms with Gasteiger partial charge in [-0.3, -0.25) is 0 Å². The van der Waals surface area contributed by atoms with Crippen LogP contribution in [0.15, 0.2) is 174 Å². The summed E-state index contributed by atoms with van der Waals surface area (Å²) in [6.45, 7) is -0.00295. The predicted octanol–water partition coefficient (Wildman–Crippen LogP) is 9.88. The first kappa shape index (κ1) is 27.4. The van der Waals surface area contributed by atoms with Crippen molar-refractivity contribution in [2.24, 2.45) is 0 Å². The summed E-state index contributed by atoms with van der Waals surface area (Å²) in [5.41, 5.74) is 13.3. The molecular formula is C45H28BN3O. The largest absolute Gasteiger partial charge is 0.436 e. The van der Waals surface area contributed by atoms with Crippen LogP contribution >= 0.6 is 0 Å². The van der Waals surface area contributed by atoms with Gasteiger partial charge in [0.2, 0.25) is 5.89 Å². The maximum atomic E-state index is 6.50. The van der Waals surface area contributed by atoms with E-state index in [4.69, 9.17) is 9.40 Å². The number of anilines is 6. The van der Waals surface area contributed by atoms with Crippen LogP contribution in [-0.2, 0) is 0 Å². The molecule has 5 heteroatoms. The molecule has 0 aliphatic carbocycles. The van der Waals surface area contributed by atoms with Crippen LogP contribution in [0, 0.1) is 0 Å². The lowest BCUT2D eigenvalue weighted by molar-refractivity contribution is 0.620. The van der Waals surface area contributed by atoms with Crippen molar-refractivity contribution in [3.05, 3.63) is 170 Å². The van der Waals surface area contributed by atoms with Crippen molar-refractivity contribution in [2.75, 3.05) is 9.80 Å². The summed E-state index contributed by atoms with van der Waals surface area (Å²) < 4.78 is 6.50. The maximum absolute atomic E-state index is 6.50. The van der Waals surface area contributed by atoms with Crippen molar-refractivity contribution in [3.8, 4) is 11.5 Å². The van der Waals surface area contributed by atoms with Crippen LogP contribution in [-0.4, -0.2) is 11.7 Å². The van der Waals surface area contributed by atoms with E-state index in [0.29, 0.717) is 5.89 Å². The van der Waals surface area contributed by atoms with Crippen molar-refractivity contribution < 1.29 is 4.42 Å². The Bertz CT molecular complexity index is 2610. The van der Waals surface area contributed by atoms with E-state index in [1.54, 1.807) is 0 Å². The Morgan fingerprint density at radius 1 is 0.480 bits per heavy atom. The lowest BCUT2D eigenvalue weighted by atomic mass is 9.33. The molecule has 0 saturated carbocycles. The van der Waals surface area contributed by atoms with Gasteiger partial charge in [0.05, 0.1) is 0 Å². The number of hydrogen-bond acceptors (Lipinski definition) is 4. The molecule has 0 spiro atoms. The Morgan fingerprint density at radius 3 is 1.54 bits per heavy atom. The number of para-hydroxylation sites is 4. The zero-order valence-electron chi connectivity index (χ0n) is 27.0. The number of hydrogen-bond donors (Lipinski definition) is 0. The third-order valence-electron chi connectivity index (χ3n) is 10.4. The monoisotopic (exact) mass is 637 g/mol. The summed E-state index contributed by atoms with van der Waals surface area (Å²) in [6.07, 6.45) is 0. The Kier molecular flexibility index (Phi) is 5.72. The maximum Gasteiger partial charge on any atom is 0.252 e. The van der Waals surface area contributed by atoms with Gasteiger partial charge in [0.15, 0.2) is 5.58 Å². The fourth-order valence-electron chi connectivity index (χ4n) is 8.33. The van der Waals surface area contributed by atoms with Crippen LogP contribution in [0.4, 0.5) is 34.1 Å². The number of rotatable bonds is 3. The Labute approximate surface area is 289 Å². The molecule has 0 radical (unpaired) electrons. The number of benzene rings is 8. The van der Waals surface area contributed by atoms with Crippen LogP contribution in [0.25, 0.3) is 44.1 Å². The SMILES string of the molecule is c1ccc(N2c3cc(-c4nc5ccccc5o4)cc4c3B(c3ccc5ccccc5c32)c2ccc3ccccc3c2N4c2ccccc2)cc1. The Hall–Kier alpha value is -6.59. The highest BCUT2D eigenvalue weighted by atomic mass is 16.3. The van der Waals surface area contributed by atoms with Gasteiger partial charge in [0, 0.05) is 50.5 Å². The highest BCUT2D eigenvalue weighted by Gasteiger charge is 2.44. The third-order valence-corrected chi connectivity index (χ3v) is 10.4. The average Bonchev–Trinajstić information content (AvgIpc) is 3.63. The van der Waals surface area contributed by atoms with Crippen LogP contribution < -0.4 is 26.2 Å². The molecule has 0 fully saturated rings. The van der Waals surface area contributed by atoms with Gasteiger partial charge in [-0.2, -0.15) is 0 Å². The number of oxazole rings is 1. The molecule has 11 rings (SSSR count). The molecule has 2 aliphatic heterocycles. The molecule has 4 nitrogen and oxygen atoms in total. The molecule has 9 aromatic rings. The average molecular weight is 638 g/mol. The lowest BCUT2D eigenvalue weighted by Gasteiger charge is -2.45. The number of aromatic nitrogens is 1. The minimum absolute atomic E-state index is 0.00295. The van der Waals surface area contributed by atoms with Gasteiger partial charge in [-0.1, -0.05) is 121 Å². The summed E-state index contributed by atoms with van der Waals surface area (Å²) in [5.74, 6) is 0.607. The van der Waals surface area contributed by atoms with Crippen LogP contribution in [0.2, 0.25) is 0 Å². The molecule has 0 N–H and O–H groups in total. The molecule has 8 aromatic carbocycles. The van der Waals surface area contributed by atoms with Crippen LogP contribution in [0.3, 0.4) is 0 Å². The van der Waals surface area contributed by atoms with Crippen LogP contribution in [0.1, 0.15) is 0 Å². The second kappa shape index (κ2) is 10.5. The van der Waals surface area contributed by atoms with E-state index >= 15 is 0 Å². The van der Waals surface area contributed by atoms with Crippen molar-refractivity contribution in [3.63, 3.8) is 0 Å². The van der Waals surface area contributed by atoms with E-state index in [0.717, 1.165) is 39.4 Å². The molecular weight excluding hydrogens is 609 g/mol. The molecule has 0 bridgehead atoms. The van der Waals surface area contributed by atoms with E-state index in [1.165, 1.54) is 49.3 Å². The van der Waals surface area contributed by atoms with Gasteiger partial charge in [-0.25, -0.2) is 4.98 Å². The summed E-state index contributed by atoms with van der Waals surface area (Å²) in [6, 6.07) is 60.9. The fourth-order valence-corrected chi connectivity index (χ4v) is 8.33. The molecule has 0 unspecified atom stereocenters. The van der Waals surface area contributed by atoms with E-state index < -0.39 is 0 Å². The first-order valence-corrected chi connectivity index (χ1v) is 17.1. The molecule has 0 saturated heterocycles. The fraction of sp³-hybridized carbons (Fsp3) is 0. The highest BCUT2D eigenvalue weighted by molar-refractivity contribution is 7.00. The topological polar surface area (TPSA) is 32.5 Å². The normalized spacial score (nSPS) is 13.1. The van der Waals surface area contributed by atoms with Gasteiger partial charge >= 0.3 is 0 Å². The van der Waals surface area contributed by atoms with Gasteiger partial charge in [-0.05, 0) is 75.7 Å². The summed E-state index contributed by atoms with van der Waals surface area (Å²) in [7, 11) is 0. The minimum Gasteiger partial charge on any atom is -0.436 e. The summed E-state index contributed by atoms with van der Waals surface area (Å²) >= 11 is 0. The molecule has 0 amide bonds. The van der Waals surface area contributed by atoms with Crippen molar-refractivity contribution in [2.45, 2.75) is 0 Å². The number of nitrogens with zero attached hydrogens (tertiary/aromatic N) is 3. The molecule has 0 atom stereocenters. The second-order valence-electron chi connectivity index (χ2n) is 13.1. The Morgan fingerprint density at radius 2 is 0.980 bits per heavy atom. The molecule has 2 aliphatic rings. The zero-order chi connectivity index (χ0) is 32.8. The van der Waals surface area contributed by atoms with Crippen molar-refractivity contribution >= 4 is 89.9 Å². The standard InChI is InChI=1S/C45H28BN3O/c1-3-15-32(16-4-1)48-39-27-31(45-47-38-21-11-12-22-41(38)50-45)28-40-42(39)46(36-25-23-29-13-7-9-19-34(29)43(36)48)37-26-24-30-14-8-10-20-35(30)44(37)49(40)33-17-5-2-6-18-33/h1-28H. The molecule has 1 aromatic heterocycles. The van der Waals surface area contributed by atoms with Crippen LogP contribution in [0.5, 0.6) is 0 Å². The van der Waals surface area contributed by atoms with Gasteiger partial charge < -0.3 is 14.2 Å². The zero-order valence-corrected chi connectivity index (χ0v) is 27.0. The minimum atomic E-state index is -0.00295. The second-order valence-corrected chi connectivity index (χ2v) is 13.1. The highest BCUT2D eigenvalue weighted by Crippen LogP contribution is 2.48. The van der Waals surface area contributed by atoms with Crippen molar-refractivity contribution in [1.29, 1.82) is 0 Å². The predicted molar refractivity (Wildman–Crippen MR) is 208 cm³/mol. The van der Waals surface area contributed by atoms with Gasteiger partial charge in [0.25, 0.3) is 6.71 Å². The van der Waals surface area contributed by atoms with E-state index in [2.05, 4.69) is 155 Å². The first-order chi connectivity index (χ1) is 24.8. The van der Waals surface area contributed by atoms with E-state index in [1.807, 2.05) is 24.3 Å². The van der Waals surface area contributed by atoms with Gasteiger partial charge in [0.1, 0.15) is 5.52 Å². The Balaban J connectivity index is 1.33. The lowest BCUT2D eigenvalue weighted by Crippen LogP contribution is -2.61. The van der Waals surface area contributed by atoms with E-state index in [9.17, 15) is 0 Å².